The number of amides is 1. The van der Waals surface area contributed by atoms with E-state index in [9.17, 15) is 9.18 Å². The number of benzene rings is 2. The summed E-state index contributed by atoms with van der Waals surface area (Å²) in [5.74, 6) is 0.175. The fraction of sp³-hybridized carbons (Fsp3) is 0.158. The minimum Gasteiger partial charge on any atom is -0.445 e. The summed E-state index contributed by atoms with van der Waals surface area (Å²) in [6.07, 6.45) is 3.83. The minimum absolute atomic E-state index is 0.0474. The molecule has 0 unspecified atom stereocenters. The first kappa shape index (κ1) is 14.6. The molecule has 3 aromatic rings. The van der Waals surface area contributed by atoms with Crippen molar-refractivity contribution in [1.29, 1.82) is 0 Å². The molecule has 4 rings (SSSR count). The monoisotopic (exact) mass is 322 g/mol. The molecule has 2 atom stereocenters. The molecule has 1 fully saturated rings. The summed E-state index contributed by atoms with van der Waals surface area (Å²) >= 11 is 0. The van der Waals surface area contributed by atoms with Crippen molar-refractivity contribution >= 4 is 11.6 Å². The van der Waals surface area contributed by atoms with Crippen LogP contribution in [0, 0.1) is 11.7 Å². The van der Waals surface area contributed by atoms with Crippen molar-refractivity contribution < 1.29 is 13.6 Å². The third-order valence-electron chi connectivity index (χ3n) is 4.21. The predicted molar refractivity (Wildman–Crippen MR) is 87.8 cm³/mol. The molecule has 4 nitrogen and oxygen atoms in total. The van der Waals surface area contributed by atoms with Crippen molar-refractivity contribution in [1.82, 2.24) is 4.98 Å². The highest BCUT2D eigenvalue weighted by Crippen LogP contribution is 2.48. The molecule has 0 spiro atoms. The average molecular weight is 322 g/mol. The Balaban J connectivity index is 1.45. The molecule has 0 radical (unpaired) electrons. The van der Waals surface area contributed by atoms with E-state index in [0.29, 0.717) is 11.6 Å². The number of hydrogen-bond acceptors (Lipinski definition) is 3. The van der Waals surface area contributed by atoms with E-state index in [1.165, 1.54) is 18.4 Å². The quantitative estimate of drug-likeness (QED) is 0.782. The Morgan fingerprint density at radius 3 is 2.88 bits per heavy atom. The first-order valence-corrected chi connectivity index (χ1v) is 7.77. The maximum Gasteiger partial charge on any atom is 0.228 e. The van der Waals surface area contributed by atoms with E-state index in [1.807, 2.05) is 30.3 Å². The molecule has 1 saturated carbocycles. The Morgan fingerprint density at radius 1 is 1.21 bits per heavy atom. The van der Waals surface area contributed by atoms with Crippen LogP contribution in [0.5, 0.6) is 0 Å². The second kappa shape index (κ2) is 5.92. The summed E-state index contributed by atoms with van der Waals surface area (Å²) in [7, 11) is 0. The van der Waals surface area contributed by atoms with Crippen LogP contribution >= 0.6 is 0 Å². The van der Waals surface area contributed by atoms with E-state index in [1.54, 1.807) is 12.3 Å². The van der Waals surface area contributed by atoms with Gasteiger partial charge in [-0.3, -0.25) is 4.79 Å². The molecule has 1 amide bonds. The van der Waals surface area contributed by atoms with Crippen LogP contribution in [-0.4, -0.2) is 10.9 Å². The van der Waals surface area contributed by atoms with Crippen LogP contribution in [0.15, 0.2) is 65.4 Å². The normalized spacial score (nSPS) is 19.0. The number of anilines is 1. The molecule has 1 aliphatic rings. The highest BCUT2D eigenvalue weighted by Gasteiger charge is 2.44. The second-order valence-electron chi connectivity index (χ2n) is 5.91. The van der Waals surface area contributed by atoms with Gasteiger partial charge in [-0.15, -0.1) is 0 Å². The number of hydrogen-bond donors (Lipinski definition) is 1. The Kier molecular flexibility index (Phi) is 3.61. The van der Waals surface area contributed by atoms with Gasteiger partial charge < -0.3 is 9.73 Å². The molecule has 1 heterocycles. The summed E-state index contributed by atoms with van der Waals surface area (Å²) < 4.78 is 18.6. The van der Waals surface area contributed by atoms with Crippen molar-refractivity contribution in [2.24, 2.45) is 5.92 Å². The van der Waals surface area contributed by atoms with Gasteiger partial charge in [-0.1, -0.05) is 18.2 Å². The van der Waals surface area contributed by atoms with Crippen LogP contribution in [0.1, 0.15) is 17.9 Å². The zero-order chi connectivity index (χ0) is 16.5. The molecular weight excluding hydrogens is 307 g/mol. The number of carbonyl (C=O) groups excluding carboxylic acids is 1. The van der Waals surface area contributed by atoms with E-state index in [4.69, 9.17) is 4.42 Å². The summed E-state index contributed by atoms with van der Waals surface area (Å²) in [6, 6.07) is 13.8. The van der Waals surface area contributed by atoms with Gasteiger partial charge >= 0.3 is 0 Å². The van der Waals surface area contributed by atoms with E-state index >= 15 is 0 Å². The maximum absolute atomic E-state index is 13.3. The first-order valence-electron chi connectivity index (χ1n) is 7.77. The molecule has 120 valence electrons. The van der Waals surface area contributed by atoms with Crippen molar-refractivity contribution in [2.75, 3.05) is 5.32 Å². The lowest BCUT2D eigenvalue weighted by atomic mass is 10.1. The summed E-state index contributed by atoms with van der Waals surface area (Å²) in [4.78, 5) is 16.5. The van der Waals surface area contributed by atoms with E-state index in [-0.39, 0.29) is 23.6 Å². The predicted octanol–water partition coefficient (Wildman–Crippen LogP) is 4.22. The molecule has 0 aliphatic heterocycles. The van der Waals surface area contributed by atoms with Crippen LogP contribution in [0.4, 0.5) is 10.1 Å². The number of carbonyl (C=O) groups is 1. The lowest BCUT2D eigenvalue weighted by molar-refractivity contribution is -0.117. The van der Waals surface area contributed by atoms with Crippen LogP contribution in [0.2, 0.25) is 0 Å². The van der Waals surface area contributed by atoms with Gasteiger partial charge in [-0.2, -0.15) is 0 Å². The summed E-state index contributed by atoms with van der Waals surface area (Å²) in [6.45, 7) is 0. The summed E-state index contributed by atoms with van der Waals surface area (Å²) in [5, 5.41) is 2.92. The van der Waals surface area contributed by atoms with Gasteiger partial charge in [0, 0.05) is 17.2 Å². The maximum atomic E-state index is 13.3. The Labute approximate surface area is 138 Å². The smallest absolute Gasteiger partial charge is 0.228 e. The third kappa shape index (κ3) is 2.93. The highest BCUT2D eigenvalue weighted by molar-refractivity contribution is 5.95. The average Bonchev–Trinajstić information content (AvgIpc) is 3.21. The standard InChI is InChI=1S/C19H15FN2O2/c20-14-5-1-3-12(9-14)16-11-17(16)18(23)22-15-6-2-4-13(10-15)19-21-7-8-24-19/h1-10,16-17H,11H2,(H,22,23)/t16-,17+/m1/s1. The number of rotatable bonds is 4. The van der Waals surface area contributed by atoms with E-state index < -0.39 is 0 Å². The molecule has 0 bridgehead atoms. The molecule has 2 aromatic carbocycles. The van der Waals surface area contributed by atoms with E-state index in [0.717, 1.165) is 17.5 Å². The number of aromatic nitrogens is 1. The van der Waals surface area contributed by atoms with Gasteiger partial charge in [0.1, 0.15) is 12.1 Å². The minimum atomic E-state index is -0.266. The summed E-state index contributed by atoms with van der Waals surface area (Å²) in [5.41, 5.74) is 2.37. The number of nitrogens with one attached hydrogen (secondary N) is 1. The molecular formula is C19H15FN2O2. The van der Waals surface area contributed by atoms with Gasteiger partial charge in [-0.25, -0.2) is 9.37 Å². The fourth-order valence-electron chi connectivity index (χ4n) is 2.92. The lowest BCUT2D eigenvalue weighted by Gasteiger charge is -2.06. The molecule has 5 heteroatoms. The molecule has 1 N–H and O–H groups in total. The van der Waals surface area contributed by atoms with Gasteiger partial charge in [0.2, 0.25) is 11.8 Å². The molecule has 1 aromatic heterocycles. The van der Waals surface area contributed by atoms with Crippen molar-refractivity contribution in [3.63, 3.8) is 0 Å². The van der Waals surface area contributed by atoms with Crippen molar-refractivity contribution in [3.05, 3.63) is 72.4 Å². The highest BCUT2D eigenvalue weighted by atomic mass is 19.1. The molecule has 24 heavy (non-hydrogen) atoms. The largest absolute Gasteiger partial charge is 0.445 e. The fourth-order valence-corrected chi connectivity index (χ4v) is 2.92. The second-order valence-corrected chi connectivity index (χ2v) is 5.91. The number of halogens is 1. The van der Waals surface area contributed by atoms with Crippen LogP contribution < -0.4 is 5.32 Å². The third-order valence-corrected chi connectivity index (χ3v) is 4.21. The van der Waals surface area contributed by atoms with Gasteiger partial charge in [0.05, 0.1) is 6.20 Å². The first-order chi connectivity index (χ1) is 11.7. The molecule has 0 saturated heterocycles. The van der Waals surface area contributed by atoms with Crippen LogP contribution in [0.3, 0.4) is 0 Å². The van der Waals surface area contributed by atoms with Crippen molar-refractivity contribution in [2.45, 2.75) is 12.3 Å². The van der Waals surface area contributed by atoms with Gasteiger partial charge in [0.15, 0.2) is 0 Å². The van der Waals surface area contributed by atoms with E-state index in [2.05, 4.69) is 10.3 Å². The topological polar surface area (TPSA) is 55.1 Å². The zero-order valence-electron chi connectivity index (χ0n) is 12.8. The Hall–Kier alpha value is -2.95. The Bertz CT molecular complexity index is 877. The van der Waals surface area contributed by atoms with Crippen LogP contribution in [0.25, 0.3) is 11.5 Å². The van der Waals surface area contributed by atoms with Gasteiger partial charge in [0.25, 0.3) is 0 Å². The number of nitrogens with zero attached hydrogens (tertiary/aromatic N) is 1. The SMILES string of the molecule is O=C(Nc1cccc(-c2ncco2)c1)[C@H]1C[C@@H]1c1cccc(F)c1. The van der Waals surface area contributed by atoms with Gasteiger partial charge in [-0.05, 0) is 48.2 Å². The zero-order valence-corrected chi connectivity index (χ0v) is 12.8. The Morgan fingerprint density at radius 2 is 2.08 bits per heavy atom. The lowest BCUT2D eigenvalue weighted by Crippen LogP contribution is -2.14. The van der Waals surface area contributed by atoms with Crippen LogP contribution in [-0.2, 0) is 4.79 Å². The van der Waals surface area contributed by atoms with Crippen molar-refractivity contribution in [3.8, 4) is 11.5 Å². The molecule has 1 aliphatic carbocycles. The number of oxazole rings is 1.